The molecule has 1 heterocycles. The van der Waals surface area contributed by atoms with Crippen LogP contribution in [0.3, 0.4) is 0 Å². The van der Waals surface area contributed by atoms with E-state index in [0.717, 1.165) is 11.3 Å². The summed E-state index contributed by atoms with van der Waals surface area (Å²) < 4.78 is 10.7. The molecule has 1 aromatic heterocycles. The molecule has 6 nitrogen and oxygen atoms in total. The molecule has 3 N–H and O–H groups in total. The third-order valence-corrected chi connectivity index (χ3v) is 2.16. The summed E-state index contributed by atoms with van der Waals surface area (Å²) in [5.74, 6) is 6.45. The normalized spacial score (nSPS) is 10.2. The molecule has 0 bridgehead atoms. The molecule has 0 spiro atoms. The molecule has 0 aliphatic heterocycles. The van der Waals surface area contributed by atoms with Crippen LogP contribution in [0.25, 0.3) is 0 Å². The largest absolute Gasteiger partial charge is 0.493 e. The molecule has 0 saturated carbocycles. The molecule has 0 unspecified atom stereocenters. The Morgan fingerprint density at radius 1 is 1.41 bits per heavy atom. The third-order valence-electron chi connectivity index (χ3n) is 2.16. The summed E-state index contributed by atoms with van der Waals surface area (Å²) in [7, 11) is 0. The SMILES string of the molecule is Cc1cccc(OCCc2nnc(NN)o2)c1. The maximum atomic E-state index is 5.55. The molecule has 0 radical (unpaired) electrons. The van der Waals surface area contributed by atoms with E-state index in [1.54, 1.807) is 0 Å². The van der Waals surface area contributed by atoms with Crippen LogP contribution in [0.4, 0.5) is 6.01 Å². The number of anilines is 1. The van der Waals surface area contributed by atoms with E-state index in [1.807, 2.05) is 31.2 Å². The van der Waals surface area contributed by atoms with E-state index in [9.17, 15) is 0 Å². The van der Waals surface area contributed by atoms with Gasteiger partial charge in [0, 0.05) is 0 Å². The van der Waals surface area contributed by atoms with E-state index < -0.39 is 0 Å². The number of hydrazine groups is 1. The first-order valence-electron chi connectivity index (χ1n) is 5.26. The topological polar surface area (TPSA) is 86.2 Å². The van der Waals surface area contributed by atoms with Crippen LogP contribution < -0.4 is 16.0 Å². The Balaban J connectivity index is 1.83. The Labute approximate surface area is 98.8 Å². The predicted octanol–water partition coefficient (Wildman–Crippen LogP) is 1.29. The van der Waals surface area contributed by atoms with Gasteiger partial charge < -0.3 is 9.15 Å². The van der Waals surface area contributed by atoms with Crippen molar-refractivity contribution in [3.63, 3.8) is 0 Å². The molecule has 17 heavy (non-hydrogen) atoms. The highest BCUT2D eigenvalue weighted by Gasteiger charge is 2.04. The summed E-state index contributed by atoms with van der Waals surface area (Å²) in [6.45, 7) is 2.50. The Morgan fingerprint density at radius 2 is 2.29 bits per heavy atom. The van der Waals surface area contributed by atoms with Gasteiger partial charge in [-0.25, -0.2) is 5.84 Å². The van der Waals surface area contributed by atoms with Crippen LogP contribution >= 0.6 is 0 Å². The van der Waals surface area contributed by atoms with E-state index in [1.165, 1.54) is 0 Å². The number of aryl methyl sites for hydroxylation is 1. The summed E-state index contributed by atoms with van der Waals surface area (Å²) in [5, 5.41) is 7.46. The van der Waals surface area contributed by atoms with Gasteiger partial charge >= 0.3 is 6.01 Å². The van der Waals surface area contributed by atoms with Gasteiger partial charge in [0.15, 0.2) is 0 Å². The summed E-state index contributed by atoms with van der Waals surface area (Å²) in [6.07, 6.45) is 0.544. The first-order chi connectivity index (χ1) is 8.28. The standard InChI is InChI=1S/C11H14N4O2/c1-8-3-2-4-9(7-8)16-6-5-10-14-15-11(13-12)17-10/h2-4,7H,5-6,12H2,1H3,(H,13,15). The van der Waals surface area contributed by atoms with Crippen molar-refractivity contribution in [3.05, 3.63) is 35.7 Å². The number of hydrogen-bond acceptors (Lipinski definition) is 6. The quantitative estimate of drug-likeness (QED) is 0.598. The van der Waals surface area contributed by atoms with E-state index in [4.69, 9.17) is 15.0 Å². The van der Waals surface area contributed by atoms with Crippen molar-refractivity contribution in [1.82, 2.24) is 10.2 Å². The number of benzene rings is 1. The van der Waals surface area contributed by atoms with Crippen LogP contribution in [0.15, 0.2) is 28.7 Å². The summed E-state index contributed by atoms with van der Waals surface area (Å²) in [6, 6.07) is 8.06. The van der Waals surface area contributed by atoms with Crippen LogP contribution in [0.1, 0.15) is 11.5 Å². The number of nitrogen functional groups attached to an aromatic ring is 1. The zero-order valence-electron chi connectivity index (χ0n) is 9.51. The summed E-state index contributed by atoms with van der Waals surface area (Å²) in [5.41, 5.74) is 3.44. The minimum atomic E-state index is 0.204. The second-order valence-corrected chi connectivity index (χ2v) is 3.56. The van der Waals surface area contributed by atoms with Gasteiger partial charge in [0.05, 0.1) is 13.0 Å². The molecular formula is C11H14N4O2. The Hall–Kier alpha value is -2.08. The monoisotopic (exact) mass is 234 g/mol. The van der Waals surface area contributed by atoms with Crippen molar-refractivity contribution in [2.45, 2.75) is 13.3 Å². The van der Waals surface area contributed by atoms with Crippen LogP contribution in [0, 0.1) is 6.92 Å². The van der Waals surface area contributed by atoms with Gasteiger partial charge in [-0.2, -0.15) is 0 Å². The van der Waals surface area contributed by atoms with Gasteiger partial charge in [-0.05, 0) is 24.6 Å². The molecule has 90 valence electrons. The number of hydrogen-bond donors (Lipinski definition) is 2. The minimum Gasteiger partial charge on any atom is -0.493 e. The minimum absolute atomic E-state index is 0.204. The molecule has 0 saturated heterocycles. The van der Waals surface area contributed by atoms with Crippen molar-refractivity contribution < 1.29 is 9.15 Å². The first-order valence-corrected chi connectivity index (χ1v) is 5.26. The molecular weight excluding hydrogens is 220 g/mol. The van der Waals surface area contributed by atoms with Gasteiger partial charge in [0.25, 0.3) is 0 Å². The predicted molar refractivity (Wildman–Crippen MR) is 62.5 cm³/mol. The number of ether oxygens (including phenoxy) is 1. The maximum Gasteiger partial charge on any atom is 0.330 e. The molecule has 0 aliphatic rings. The Kier molecular flexibility index (Phi) is 3.56. The highest BCUT2D eigenvalue weighted by molar-refractivity contribution is 5.27. The zero-order valence-corrected chi connectivity index (χ0v) is 9.51. The van der Waals surface area contributed by atoms with Crippen LogP contribution in [-0.4, -0.2) is 16.8 Å². The first kappa shape index (κ1) is 11.4. The lowest BCUT2D eigenvalue weighted by Crippen LogP contribution is -2.06. The van der Waals surface area contributed by atoms with E-state index >= 15 is 0 Å². The molecule has 0 fully saturated rings. The number of nitrogens with one attached hydrogen (secondary N) is 1. The van der Waals surface area contributed by atoms with Gasteiger partial charge in [0.1, 0.15) is 5.75 Å². The molecule has 2 rings (SSSR count). The Bertz CT molecular complexity index is 484. The van der Waals surface area contributed by atoms with Crippen molar-refractivity contribution in [2.75, 3.05) is 12.0 Å². The lowest BCUT2D eigenvalue weighted by Gasteiger charge is -2.04. The van der Waals surface area contributed by atoms with E-state index in [0.29, 0.717) is 18.9 Å². The van der Waals surface area contributed by atoms with Crippen molar-refractivity contribution in [3.8, 4) is 5.75 Å². The third kappa shape index (κ3) is 3.18. The molecule has 2 aromatic rings. The van der Waals surface area contributed by atoms with Crippen molar-refractivity contribution in [2.24, 2.45) is 5.84 Å². The zero-order chi connectivity index (χ0) is 12.1. The summed E-state index contributed by atoms with van der Waals surface area (Å²) >= 11 is 0. The fourth-order valence-electron chi connectivity index (χ4n) is 1.37. The smallest absolute Gasteiger partial charge is 0.330 e. The van der Waals surface area contributed by atoms with Gasteiger partial charge in [-0.1, -0.05) is 17.2 Å². The Morgan fingerprint density at radius 3 is 3.00 bits per heavy atom. The number of aromatic nitrogens is 2. The highest BCUT2D eigenvalue weighted by atomic mass is 16.5. The van der Waals surface area contributed by atoms with Crippen LogP contribution in [-0.2, 0) is 6.42 Å². The fourth-order valence-corrected chi connectivity index (χ4v) is 1.37. The van der Waals surface area contributed by atoms with Crippen LogP contribution in [0.2, 0.25) is 0 Å². The maximum absolute atomic E-state index is 5.55. The van der Waals surface area contributed by atoms with Crippen molar-refractivity contribution in [1.29, 1.82) is 0 Å². The van der Waals surface area contributed by atoms with Gasteiger partial charge in [-0.3, -0.25) is 5.43 Å². The lowest BCUT2D eigenvalue weighted by molar-refractivity contribution is 0.307. The molecule has 0 amide bonds. The number of nitrogens with two attached hydrogens (primary N) is 1. The molecule has 6 heteroatoms. The van der Waals surface area contributed by atoms with Crippen LogP contribution in [0.5, 0.6) is 5.75 Å². The number of rotatable bonds is 5. The van der Waals surface area contributed by atoms with E-state index in [-0.39, 0.29) is 6.01 Å². The van der Waals surface area contributed by atoms with Crippen molar-refractivity contribution >= 4 is 6.01 Å². The second-order valence-electron chi connectivity index (χ2n) is 3.56. The lowest BCUT2D eigenvalue weighted by atomic mass is 10.2. The van der Waals surface area contributed by atoms with Gasteiger partial charge in [0.2, 0.25) is 5.89 Å². The van der Waals surface area contributed by atoms with Gasteiger partial charge in [-0.15, -0.1) is 5.10 Å². The average Bonchev–Trinajstić information content (AvgIpc) is 2.77. The second kappa shape index (κ2) is 5.31. The molecule has 1 aromatic carbocycles. The molecule has 0 atom stereocenters. The van der Waals surface area contributed by atoms with E-state index in [2.05, 4.69) is 15.6 Å². The number of nitrogens with zero attached hydrogens (tertiary/aromatic N) is 2. The average molecular weight is 234 g/mol. The highest BCUT2D eigenvalue weighted by Crippen LogP contribution is 2.13. The fraction of sp³-hybridized carbons (Fsp3) is 0.273. The molecule has 0 aliphatic carbocycles. The summed E-state index contributed by atoms with van der Waals surface area (Å²) in [4.78, 5) is 0.